The Morgan fingerprint density at radius 1 is 1.27 bits per heavy atom. The average Bonchev–Trinajstić information content (AvgIpc) is 3.41. The Bertz CT molecular complexity index is 1360. The molecule has 13 nitrogen and oxygen atoms in total. The Kier molecular flexibility index (Phi) is 5.73. The highest BCUT2D eigenvalue weighted by Crippen LogP contribution is 2.28. The summed E-state index contributed by atoms with van der Waals surface area (Å²) in [5.74, 6) is -1.65. The van der Waals surface area contributed by atoms with E-state index in [2.05, 4.69) is 35.8 Å². The quantitative estimate of drug-likeness (QED) is 0.242. The van der Waals surface area contributed by atoms with Crippen LogP contribution in [0.15, 0.2) is 52.2 Å². The van der Waals surface area contributed by atoms with Crippen LogP contribution in [0, 0.1) is 15.9 Å². The zero-order valence-corrected chi connectivity index (χ0v) is 17.0. The van der Waals surface area contributed by atoms with Gasteiger partial charge >= 0.3 is 0 Å². The van der Waals surface area contributed by atoms with Gasteiger partial charge in [-0.15, -0.1) is 5.10 Å². The molecule has 0 bridgehead atoms. The molecule has 0 fully saturated rings. The topological polar surface area (TPSA) is 180 Å². The number of nitrogen functional groups attached to an aromatic ring is 1. The highest BCUT2D eigenvalue weighted by atomic mass is 35.5. The lowest BCUT2D eigenvalue weighted by Crippen LogP contribution is -2.19. The number of carbonyl (C=O) groups excluding carboxylic acids is 1. The number of hydrogen-bond acceptors (Lipinski definition) is 10. The third kappa shape index (κ3) is 4.22. The van der Waals surface area contributed by atoms with Crippen LogP contribution in [0.25, 0.3) is 17.1 Å². The van der Waals surface area contributed by atoms with Gasteiger partial charge in [-0.3, -0.25) is 14.9 Å². The van der Waals surface area contributed by atoms with E-state index in [-0.39, 0.29) is 39.3 Å². The van der Waals surface area contributed by atoms with E-state index in [9.17, 15) is 19.3 Å². The fourth-order valence-electron chi connectivity index (χ4n) is 2.76. The fraction of sp³-hybridized carbons (Fsp3) is 0. The minimum Gasteiger partial charge on any atom is -0.378 e. The number of carbonyl (C=O) groups is 1. The van der Waals surface area contributed by atoms with Gasteiger partial charge in [-0.05, 0) is 34.6 Å². The third-order valence-electron chi connectivity index (χ3n) is 4.29. The molecule has 2 heterocycles. The molecule has 0 saturated carbocycles. The number of amides is 1. The van der Waals surface area contributed by atoms with Gasteiger partial charge in [0.1, 0.15) is 11.5 Å². The van der Waals surface area contributed by atoms with Crippen molar-refractivity contribution in [3.05, 3.63) is 74.7 Å². The molecule has 1 amide bonds. The number of benzene rings is 2. The zero-order chi connectivity index (χ0) is 23.5. The Hall–Kier alpha value is -4.72. The van der Waals surface area contributed by atoms with Crippen LogP contribution >= 0.6 is 11.6 Å². The molecule has 166 valence electrons. The van der Waals surface area contributed by atoms with Crippen molar-refractivity contribution < 1.29 is 18.7 Å². The van der Waals surface area contributed by atoms with E-state index in [4.69, 9.17) is 17.3 Å². The molecule has 0 radical (unpaired) electrons. The summed E-state index contributed by atoms with van der Waals surface area (Å²) in [6.45, 7) is 0. The summed E-state index contributed by atoms with van der Waals surface area (Å²) in [6.07, 6.45) is 1.03. The number of nitro groups is 1. The number of non-ortho nitro benzene ring substituents is 1. The lowest BCUT2D eigenvalue weighted by Gasteiger charge is -2.06. The van der Waals surface area contributed by atoms with Crippen LogP contribution in [0.3, 0.4) is 0 Å². The summed E-state index contributed by atoms with van der Waals surface area (Å²) in [5, 5.41) is 29.6. The summed E-state index contributed by atoms with van der Waals surface area (Å²) >= 11 is 5.93. The van der Waals surface area contributed by atoms with Gasteiger partial charge in [0.2, 0.25) is 11.6 Å². The number of nitrogens with one attached hydrogen (secondary N) is 1. The molecular formula is C18H11ClFN9O4. The van der Waals surface area contributed by atoms with Crippen LogP contribution in [-0.4, -0.2) is 42.4 Å². The Balaban J connectivity index is 1.71. The van der Waals surface area contributed by atoms with Gasteiger partial charge in [-0.2, -0.15) is 9.78 Å². The second-order valence-corrected chi connectivity index (χ2v) is 6.72. The van der Waals surface area contributed by atoms with E-state index in [0.29, 0.717) is 5.56 Å². The maximum atomic E-state index is 13.9. The van der Waals surface area contributed by atoms with Gasteiger partial charge in [0.15, 0.2) is 5.69 Å². The molecule has 0 aliphatic heterocycles. The number of rotatable bonds is 6. The molecule has 15 heteroatoms. The number of nitro benzene ring substituents is 1. The zero-order valence-electron chi connectivity index (χ0n) is 16.2. The summed E-state index contributed by atoms with van der Waals surface area (Å²) in [4.78, 5) is 23.2. The van der Waals surface area contributed by atoms with Crippen LogP contribution in [0.1, 0.15) is 16.1 Å². The van der Waals surface area contributed by atoms with Crippen LogP contribution in [0.2, 0.25) is 5.02 Å². The molecule has 33 heavy (non-hydrogen) atoms. The number of hydrazone groups is 1. The summed E-state index contributed by atoms with van der Waals surface area (Å²) in [5.41, 5.74) is 7.89. The van der Waals surface area contributed by atoms with Crippen LogP contribution in [-0.2, 0) is 0 Å². The second kappa shape index (κ2) is 8.80. The van der Waals surface area contributed by atoms with Gasteiger partial charge < -0.3 is 5.73 Å². The lowest BCUT2D eigenvalue weighted by atomic mass is 10.1. The lowest BCUT2D eigenvalue weighted by molar-refractivity contribution is -0.384. The van der Waals surface area contributed by atoms with Gasteiger partial charge in [0, 0.05) is 23.3 Å². The molecule has 0 atom stereocenters. The molecule has 0 aliphatic carbocycles. The second-order valence-electron chi connectivity index (χ2n) is 6.31. The molecule has 0 saturated heterocycles. The van der Waals surface area contributed by atoms with Crippen LogP contribution in [0.4, 0.5) is 15.9 Å². The smallest absolute Gasteiger partial charge is 0.294 e. The average molecular weight is 472 g/mol. The first kappa shape index (κ1) is 21.5. The highest BCUT2D eigenvalue weighted by Gasteiger charge is 2.25. The largest absolute Gasteiger partial charge is 0.378 e. The predicted molar refractivity (Wildman–Crippen MR) is 112 cm³/mol. The number of halogens is 2. The predicted octanol–water partition coefficient (Wildman–Crippen LogP) is 2.36. The van der Waals surface area contributed by atoms with E-state index >= 15 is 0 Å². The van der Waals surface area contributed by atoms with Crippen LogP contribution in [0.5, 0.6) is 0 Å². The maximum Gasteiger partial charge on any atom is 0.294 e. The van der Waals surface area contributed by atoms with Gasteiger partial charge in [0.25, 0.3) is 11.6 Å². The normalized spacial score (nSPS) is 11.1. The molecular weight excluding hydrogens is 461 g/mol. The standard InChI is InChI=1S/C18H11ClFN9O4/c19-12-2-1-3-13(20)11(12)8-22-24-18(30)14-15(9-4-6-10(7-5-9)29(31)32)28(27-23-14)17-16(21)25-33-26-17/h1-8H,(H2,21,25)(H,24,30). The van der Waals surface area contributed by atoms with E-state index in [1.54, 1.807) is 0 Å². The van der Waals surface area contributed by atoms with E-state index in [1.165, 1.54) is 42.5 Å². The molecule has 0 aliphatic rings. The molecule has 3 N–H and O–H groups in total. The van der Waals surface area contributed by atoms with Gasteiger partial charge in [0.05, 0.1) is 16.2 Å². The van der Waals surface area contributed by atoms with E-state index < -0.39 is 16.6 Å². The molecule has 2 aromatic heterocycles. The van der Waals surface area contributed by atoms with Crippen molar-refractivity contribution in [2.24, 2.45) is 5.10 Å². The van der Waals surface area contributed by atoms with Crippen molar-refractivity contribution in [3.8, 4) is 17.1 Å². The van der Waals surface area contributed by atoms with Crippen molar-refractivity contribution in [2.75, 3.05) is 5.73 Å². The molecule has 0 unspecified atom stereocenters. The highest BCUT2D eigenvalue weighted by molar-refractivity contribution is 6.33. The SMILES string of the molecule is Nc1nonc1-n1nnc(C(=O)NN=Cc2c(F)cccc2Cl)c1-c1ccc([N+](=O)[O-])cc1. The number of nitrogens with two attached hydrogens (primary N) is 1. The number of nitrogens with zero attached hydrogens (tertiary/aromatic N) is 7. The Morgan fingerprint density at radius 2 is 2.03 bits per heavy atom. The first-order chi connectivity index (χ1) is 15.9. The summed E-state index contributed by atoms with van der Waals surface area (Å²) in [6, 6.07) is 9.31. The number of hydrogen-bond donors (Lipinski definition) is 2. The maximum absolute atomic E-state index is 13.9. The van der Waals surface area contributed by atoms with Gasteiger partial charge in [-0.25, -0.2) is 14.4 Å². The fourth-order valence-corrected chi connectivity index (χ4v) is 2.98. The Labute approximate surface area is 187 Å². The molecule has 0 spiro atoms. The van der Waals surface area contributed by atoms with Gasteiger partial charge in [-0.1, -0.05) is 22.9 Å². The van der Waals surface area contributed by atoms with Crippen molar-refractivity contribution in [1.82, 2.24) is 30.7 Å². The number of anilines is 1. The summed E-state index contributed by atoms with van der Waals surface area (Å²) < 4.78 is 19.5. The minimum absolute atomic E-state index is 0.0276. The van der Waals surface area contributed by atoms with E-state index in [0.717, 1.165) is 10.9 Å². The first-order valence-corrected chi connectivity index (χ1v) is 9.31. The monoisotopic (exact) mass is 471 g/mol. The first-order valence-electron chi connectivity index (χ1n) is 8.93. The Morgan fingerprint density at radius 3 is 2.67 bits per heavy atom. The van der Waals surface area contributed by atoms with Crippen LogP contribution < -0.4 is 11.2 Å². The van der Waals surface area contributed by atoms with Crippen molar-refractivity contribution in [1.29, 1.82) is 0 Å². The van der Waals surface area contributed by atoms with Crippen molar-refractivity contribution in [3.63, 3.8) is 0 Å². The molecule has 4 aromatic rings. The molecule has 4 rings (SSSR count). The van der Waals surface area contributed by atoms with Crippen molar-refractivity contribution in [2.45, 2.75) is 0 Å². The third-order valence-corrected chi connectivity index (χ3v) is 4.62. The van der Waals surface area contributed by atoms with E-state index in [1.807, 2.05) is 0 Å². The summed E-state index contributed by atoms with van der Waals surface area (Å²) in [7, 11) is 0. The number of aromatic nitrogens is 5. The van der Waals surface area contributed by atoms with Crippen molar-refractivity contribution >= 4 is 35.2 Å². The minimum atomic E-state index is -0.826. The molecule has 2 aromatic carbocycles.